The molecule has 5 nitrogen and oxygen atoms in total. The van der Waals surface area contributed by atoms with Crippen LogP contribution in [0.2, 0.25) is 0 Å². The van der Waals surface area contributed by atoms with Crippen molar-refractivity contribution in [2.45, 2.75) is 18.9 Å². The molecule has 1 aliphatic heterocycles. The summed E-state index contributed by atoms with van der Waals surface area (Å²) in [7, 11) is 2.92. The molecule has 104 valence electrons. The minimum atomic E-state index is -0.414. The molecule has 19 heavy (non-hydrogen) atoms. The molecular formula is C14H19NO4. The predicted molar refractivity (Wildman–Crippen MR) is 70.9 cm³/mol. The molecule has 0 saturated carbocycles. The molecule has 1 aromatic rings. The molecule has 0 aliphatic carbocycles. The van der Waals surface area contributed by atoms with Crippen LogP contribution in [0.4, 0.5) is 0 Å². The summed E-state index contributed by atoms with van der Waals surface area (Å²) in [5, 5.41) is 3.27. The van der Waals surface area contributed by atoms with Gasteiger partial charge in [0.25, 0.3) is 0 Å². The largest absolute Gasteiger partial charge is 0.493 e. The zero-order valence-electron chi connectivity index (χ0n) is 11.3. The van der Waals surface area contributed by atoms with Crippen molar-refractivity contribution in [3.63, 3.8) is 0 Å². The maximum atomic E-state index is 11.8. The second kappa shape index (κ2) is 6.43. The van der Waals surface area contributed by atoms with Crippen molar-refractivity contribution in [3.8, 4) is 11.5 Å². The van der Waals surface area contributed by atoms with Gasteiger partial charge in [-0.05, 0) is 38.1 Å². The minimum absolute atomic E-state index is 0.0981. The summed E-state index contributed by atoms with van der Waals surface area (Å²) >= 11 is 0. The highest BCUT2D eigenvalue weighted by molar-refractivity contribution is 5.93. The summed E-state index contributed by atoms with van der Waals surface area (Å²) in [5.74, 6) is 0.619. The molecule has 5 heteroatoms. The van der Waals surface area contributed by atoms with Crippen LogP contribution in [-0.2, 0) is 4.74 Å². The molecule has 0 amide bonds. The van der Waals surface area contributed by atoms with E-state index in [1.807, 2.05) is 0 Å². The number of para-hydroxylation sites is 1. The first-order valence-corrected chi connectivity index (χ1v) is 6.39. The summed E-state index contributed by atoms with van der Waals surface area (Å²) in [6.45, 7) is 1.85. The Morgan fingerprint density at radius 3 is 2.63 bits per heavy atom. The summed E-state index contributed by atoms with van der Waals surface area (Å²) < 4.78 is 16.0. The molecule has 0 aromatic heterocycles. The SMILES string of the molecule is COC(=O)c1cccc(OC)c1OC1CCNCC1. The maximum absolute atomic E-state index is 11.8. The fraction of sp³-hybridized carbons (Fsp3) is 0.500. The van der Waals surface area contributed by atoms with Crippen LogP contribution in [-0.4, -0.2) is 39.4 Å². The van der Waals surface area contributed by atoms with Crippen LogP contribution in [0, 0.1) is 0 Å². The van der Waals surface area contributed by atoms with E-state index in [1.54, 1.807) is 25.3 Å². The van der Waals surface area contributed by atoms with Crippen LogP contribution in [0.1, 0.15) is 23.2 Å². The Balaban J connectivity index is 2.26. The van der Waals surface area contributed by atoms with Gasteiger partial charge in [-0.2, -0.15) is 0 Å². The Labute approximate surface area is 112 Å². The number of piperidine rings is 1. The predicted octanol–water partition coefficient (Wildman–Crippen LogP) is 1.61. The number of methoxy groups -OCH3 is 2. The lowest BCUT2D eigenvalue weighted by Gasteiger charge is -2.25. The molecule has 2 rings (SSSR count). The van der Waals surface area contributed by atoms with Crippen LogP contribution in [0.5, 0.6) is 11.5 Å². The third-order valence-corrected chi connectivity index (χ3v) is 3.17. The third-order valence-electron chi connectivity index (χ3n) is 3.17. The number of esters is 1. The van der Waals surface area contributed by atoms with Crippen LogP contribution < -0.4 is 14.8 Å². The molecule has 0 radical (unpaired) electrons. The lowest BCUT2D eigenvalue weighted by atomic mass is 10.1. The van der Waals surface area contributed by atoms with E-state index in [1.165, 1.54) is 7.11 Å². The van der Waals surface area contributed by atoms with Gasteiger partial charge in [0.05, 0.1) is 14.2 Å². The van der Waals surface area contributed by atoms with Crippen molar-refractivity contribution in [1.29, 1.82) is 0 Å². The topological polar surface area (TPSA) is 56.8 Å². The van der Waals surface area contributed by atoms with Crippen molar-refractivity contribution in [1.82, 2.24) is 5.32 Å². The van der Waals surface area contributed by atoms with E-state index >= 15 is 0 Å². The lowest BCUT2D eigenvalue weighted by molar-refractivity contribution is 0.0589. The normalized spacial score (nSPS) is 15.9. The first kappa shape index (κ1) is 13.7. The summed E-state index contributed by atoms with van der Waals surface area (Å²) in [6, 6.07) is 5.22. The van der Waals surface area contributed by atoms with Gasteiger partial charge in [-0.3, -0.25) is 0 Å². The fourth-order valence-electron chi connectivity index (χ4n) is 2.15. The van der Waals surface area contributed by atoms with Gasteiger partial charge in [-0.1, -0.05) is 6.07 Å². The monoisotopic (exact) mass is 265 g/mol. The zero-order valence-corrected chi connectivity index (χ0v) is 11.3. The molecule has 1 aliphatic rings. The van der Waals surface area contributed by atoms with Crippen LogP contribution in [0.25, 0.3) is 0 Å². The average Bonchev–Trinajstić information content (AvgIpc) is 2.47. The number of rotatable bonds is 4. The van der Waals surface area contributed by atoms with Crippen molar-refractivity contribution in [3.05, 3.63) is 23.8 Å². The highest BCUT2D eigenvalue weighted by Crippen LogP contribution is 2.33. The second-order valence-electron chi connectivity index (χ2n) is 4.40. The molecule has 1 heterocycles. The quantitative estimate of drug-likeness (QED) is 0.838. The van der Waals surface area contributed by atoms with Crippen molar-refractivity contribution >= 4 is 5.97 Å². The van der Waals surface area contributed by atoms with Gasteiger partial charge < -0.3 is 19.5 Å². The Morgan fingerprint density at radius 2 is 2.00 bits per heavy atom. The molecule has 0 atom stereocenters. The Hall–Kier alpha value is -1.75. The highest BCUT2D eigenvalue weighted by Gasteiger charge is 2.22. The molecular weight excluding hydrogens is 246 g/mol. The molecule has 1 saturated heterocycles. The Kier molecular flexibility index (Phi) is 4.63. The molecule has 1 fully saturated rings. The van der Waals surface area contributed by atoms with Gasteiger partial charge in [-0.15, -0.1) is 0 Å². The number of benzene rings is 1. The number of carbonyl (C=O) groups is 1. The molecule has 0 spiro atoms. The van der Waals surface area contributed by atoms with Crippen LogP contribution in [0.15, 0.2) is 18.2 Å². The van der Waals surface area contributed by atoms with Gasteiger partial charge in [-0.25, -0.2) is 4.79 Å². The van der Waals surface area contributed by atoms with E-state index in [2.05, 4.69) is 5.32 Å². The van der Waals surface area contributed by atoms with E-state index in [0.29, 0.717) is 17.1 Å². The minimum Gasteiger partial charge on any atom is -0.493 e. The number of ether oxygens (including phenoxy) is 3. The van der Waals surface area contributed by atoms with Crippen LogP contribution >= 0.6 is 0 Å². The van der Waals surface area contributed by atoms with Gasteiger partial charge in [0.2, 0.25) is 0 Å². The second-order valence-corrected chi connectivity index (χ2v) is 4.40. The maximum Gasteiger partial charge on any atom is 0.341 e. The lowest BCUT2D eigenvalue weighted by Crippen LogP contribution is -2.34. The average molecular weight is 265 g/mol. The van der Waals surface area contributed by atoms with Gasteiger partial charge >= 0.3 is 5.97 Å². The first-order chi connectivity index (χ1) is 9.26. The molecule has 1 N–H and O–H groups in total. The Bertz CT molecular complexity index is 441. The standard InChI is InChI=1S/C14H19NO4/c1-17-12-5-3-4-11(14(16)18-2)13(12)19-10-6-8-15-9-7-10/h3-5,10,15H,6-9H2,1-2H3. The van der Waals surface area contributed by atoms with Gasteiger partial charge in [0.15, 0.2) is 11.5 Å². The number of carbonyl (C=O) groups excluding carboxylic acids is 1. The van der Waals surface area contributed by atoms with E-state index < -0.39 is 5.97 Å². The van der Waals surface area contributed by atoms with E-state index in [4.69, 9.17) is 14.2 Å². The zero-order chi connectivity index (χ0) is 13.7. The molecule has 0 unspecified atom stereocenters. The first-order valence-electron chi connectivity index (χ1n) is 6.39. The Morgan fingerprint density at radius 1 is 1.26 bits per heavy atom. The van der Waals surface area contributed by atoms with Crippen LogP contribution in [0.3, 0.4) is 0 Å². The van der Waals surface area contributed by atoms with E-state index in [9.17, 15) is 4.79 Å². The summed E-state index contributed by atoms with van der Waals surface area (Å²) in [4.78, 5) is 11.8. The number of hydrogen-bond donors (Lipinski definition) is 1. The van der Waals surface area contributed by atoms with Gasteiger partial charge in [0, 0.05) is 0 Å². The van der Waals surface area contributed by atoms with E-state index in [0.717, 1.165) is 25.9 Å². The van der Waals surface area contributed by atoms with Crippen molar-refractivity contribution in [2.24, 2.45) is 0 Å². The molecule has 1 aromatic carbocycles. The number of nitrogens with one attached hydrogen (secondary N) is 1. The summed E-state index contributed by atoms with van der Waals surface area (Å²) in [6.07, 6.45) is 1.93. The third kappa shape index (κ3) is 3.17. The summed E-state index contributed by atoms with van der Waals surface area (Å²) in [5.41, 5.74) is 0.403. The highest BCUT2D eigenvalue weighted by atomic mass is 16.5. The van der Waals surface area contributed by atoms with Crippen molar-refractivity contribution < 1.29 is 19.0 Å². The smallest absolute Gasteiger partial charge is 0.341 e. The van der Waals surface area contributed by atoms with Crippen molar-refractivity contribution in [2.75, 3.05) is 27.3 Å². The van der Waals surface area contributed by atoms with Gasteiger partial charge in [0.1, 0.15) is 11.7 Å². The molecule has 0 bridgehead atoms. The van der Waals surface area contributed by atoms with E-state index in [-0.39, 0.29) is 6.10 Å². The fourth-order valence-corrected chi connectivity index (χ4v) is 2.15. The number of hydrogen-bond acceptors (Lipinski definition) is 5.